The Morgan fingerprint density at radius 3 is 2.53 bits per heavy atom. The number of hydrogen-bond acceptors (Lipinski definition) is 2. The molecule has 0 radical (unpaired) electrons. The highest BCUT2D eigenvalue weighted by Crippen LogP contribution is 2.31. The number of hydrogen-bond donors (Lipinski definition) is 2. The fraction of sp³-hybridized carbons (Fsp3) is 0.812. The van der Waals surface area contributed by atoms with Gasteiger partial charge in [0.25, 0.3) is 0 Å². The third-order valence-corrected chi connectivity index (χ3v) is 3.53. The van der Waals surface area contributed by atoms with E-state index in [4.69, 9.17) is 12.2 Å². The van der Waals surface area contributed by atoms with Crippen molar-refractivity contribution in [2.75, 3.05) is 13.1 Å². The standard InChI is InChI=1S/C16H30N2O/c1-5-6-7-8-13-18-15(19)10-9-14(11-12-17)16(2,3)4/h1,14H,6-13,17H2,2-4H3,(H,18,19). The monoisotopic (exact) mass is 266 g/mol. The van der Waals surface area contributed by atoms with E-state index in [1.54, 1.807) is 0 Å². The third kappa shape index (κ3) is 9.55. The van der Waals surface area contributed by atoms with Crippen molar-refractivity contribution in [1.82, 2.24) is 5.32 Å². The van der Waals surface area contributed by atoms with E-state index in [-0.39, 0.29) is 11.3 Å². The van der Waals surface area contributed by atoms with Gasteiger partial charge in [-0.25, -0.2) is 0 Å². The minimum Gasteiger partial charge on any atom is -0.356 e. The second kappa shape index (κ2) is 9.86. The molecule has 0 aromatic heterocycles. The van der Waals surface area contributed by atoms with Gasteiger partial charge in [0, 0.05) is 19.4 Å². The molecule has 0 bridgehead atoms. The normalized spacial score (nSPS) is 12.8. The first kappa shape index (κ1) is 18.0. The lowest BCUT2D eigenvalue weighted by molar-refractivity contribution is -0.121. The van der Waals surface area contributed by atoms with Gasteiger partial charge in [-0.15, -0.1) is 12.3 Å². The second-order valence-corrected chi connectivity index (χ2v) is 6.19. The van der Waals surface area contributed by atoms with Crippen LogP contribution in [-0.2, 0) is 4.79 Å². The van der Waals surface area contributed by atoms with E-state index in [9.17, 15) is 4.79 Å². The predicted octanol–water partition coefficient (Wildman–Crippen LogP) is 2.70. The Bertz CT molecular complexity index is 286. The highest BCUT2D eigenvalue weighted by atomic mass is 16.1. The van der Waals surface area contributed by atoms with Crippen molar-refractivity contribution in [3.05, 3.63) is 0 Å². The molecule has 0 fully saturated rings. The maximum Gasteiger partial charge on any atom is 0.220 e. The van der Waals surface area contributed by atoms with Gasteiger partial charge in [0.05, 0.1) is 0 Å². The van der Waals surface area contributed by atoms with Crippen LogP contribution in [0.4, 0.5) is 0 Å². The van der Waals surface area contributed by atoms with Crippen LogP contribution in [0.25, 0.3) is 0 Å². The number of nitrogens with one attached hydrogen (secondary N) is 1. The van der Waals surface area contributed by atoms with Gasteiger partial charge >= 0.3 is 0 Å². The van der Waals surface area contributed by atoms with Gasteiger partial charge in [0.2, 0.25) is 5.91 Å². The number of carbonyl (C=O) groups excluding carboxylic acids is 1. The van der Waals surface area contributed by atoms with Crippen LogP contribution in [0.15, 0.2) is 0 Å². The summed E-state index contributed by atoms with van der Waals surface area (Å²) in [6.45, 7) is 8.06. The largest absolute Gasteiger partial charge is 0.356 e. The number of nitrogens with two attached hydrogens (primary N) is 1. The first-order valence-corrected chi connectivity index (χ1v) is 7.32. The highest BCUT2D eigenvalue weighted by molar-refractivity contribution is 5.75. The van der Waals surface area contributed by atoms with Crippen molar-refractivity contribution in [2.24, 2.45) is 17.1 Å². The van der Waals surface area contributed by atoms with E-state index in [2.05, 4.69) is 32.0 Å². The number of carbonyl (C=O) groups is 1. The number of terminal acetylenes is 1. The third-order valence-electron chi connectivity index (χ3n) is 3.53. The second-order valence-electron chi connectivity index (χ2n) is 6.19. The van der Waals surface area contributed by atoms with Crippen molar-refractivity contribution >= 4 is 5.91 Å². The average molecular weight is 266 g/mol. The molecule has 3 nitrogen and oxygen atoms in total. The van der Waals surface area contributed by atoms with Gasteiger partial charge < -0.3 is 11.1 Å². The fourth-order valence-corrected chi connectivity index (χ4v) is 2.19. The lowest BCUT2D eigenvalue weighted by Crippen LogP contribution is -2.28. The summed E-state index contributed by atoms with van der Waals surface area (Å²) in [5.41, 5.74) is 5.86. The first-order chi connectivity index (χ1) is 8.91. The molecule has 0 heterocycles. The van der Waals surface area contributed by atoms with Crippen LogP contribution in [0.1, 0.15) is 59.3 Å². The lowest BCUT2D eigenvalue weighted by atomic mass is 9.76. The van der Waals surface area contributed by atoms with Gasteiger partial charge in [-0.05, 0) is 43.6 Å². The molecule has 1 amide bonds. The molecule has 3 N–H and O–H groups in total. The van der Waals surface area contributed by atoms with Crippen LogP contribution in [0, 0.1) is 23.7 Å². The van der Waals surface area contributed by atoms with Crippen molar-refractivity contribution < 1.29 is 4.79 Å². The van der Waals surface area contributed by atoms with E-state index in [0.29, 0.717) is 18.9 Å². The summed E-state index contributed by atoms with van der Waals surface area (Å²) in [4.78, 5) is 11.7. The van der Waals surface area contributed by atoms with E-state index in [1.165, 1.54) is 0 Å². The molecule has 0 aromatic carbocycles. The van der Waals surface area contributed by atoms with Gasteiger partial charge in [0.1, 0.15) is 0 Å². The SMILES string of the molecule is C#CCCCCNC(=O)CCC(CCN)C(C)(C)C. The van der Waals surface area contributed by atoms with E-state index >= 15 is 0 Å². The summed E-state index contributed by atoms with van der Waals surface area (Å²) < 4.78 is 0. The average Bonchev–Trinajstić information content (AvgIpc) is 2.32. The van der Waals surface area contributed by atoms with Crippen LogP contribution < -0.4 is 11.1 Å². The molecule has 0 aliphatic rings. The van der Waals surface area contributed by atoms with Crippen LogP contribution in [0.3, 0.4) is 0 Å². The Morgan fingerprint density at radius 2 is 2.00 bits per heavy atom. The maximum atomic E-state index is 11.7. The van der Waals surface area contributed by atoms with Crippen LogP contribution in [0.5, 0.6) is 0 Å². The molecular formula is C16H30N2O. The van der Waals surface area contributed by atoms with Crippen molar-refractivity contribution in [3.8, 4) is 12.3 Å². The summed E-state index contributed by atoms with van der Waals surface area (Å²) in [5.74, 6) is 3.25. The number of unbranched alkanes of at least 4 members (excludes halogenated alkanes) is 2. The smallest absolute Gasteiger partial charge is 0.220 e. The highest BCUT2D eigenvalue weighted by Gasteiger charge is 2.24. The molecular weight excluding hydrogens is 236 g/mol. The lowest BCUT2D eigenvalue weighted by Gasteiger charge is -2.30. The molecule has 0 rings (SSSR count). The van der Waals surface area contributed by atoms with Crippen molar-refractivity contribution in [1.29, 1.82) is 0 Å². The van der Waals surface area contributed by atoms with Gasteiger partial charge in [0.15, 0.2) is 0 Å². The zero-order valence-electron chi connectivity index (χ0n) is 12.8. The van der Waals surface area contributed by atoms with Crippen LogP contribution in [0.2, 0.25) is 0 Å². The Kier molecular flexibility index (Phi) is 9.34. The summed E-state index contributed by atoms with van der Waals surface area (Å²) >= 11 is 0. The summed E-state index contributed by atoms with van der Waals surface area (Å²) in [5, 5.41) is 2.95. The maximum absolute atomic E-state index is 11.7. The zero-order chi connectivity index (χ0) is 14.7. The van der Waals surface area contributed by atoms with E-state index < -0.39 is 0 Å². The molecule has 0 saturated heterocycles. The van der Waals surface area contributed by atoms with E-state index in [1.807, 2.05) is 0 Å². The van der Waals surface area contributed by atoms with Crippen LogP contribution >= 0.6 is 0 Å². The Morgan fingerprint density at radius 1 is 1.32 bits per heavy atom. The van der Waals surface area contributed by atoms with Gasteiger partial charge in [-0.3, -0.25) is 4.79 Å². The van der Waals surface area contributed by atoms with Gasteiger partial charge in [-0.1, -0.05) is 20.8 Å². The summed E-state index contributed by atoms with van der Waals surface area (Å²) in [6, 6.07) is 0. The molecule has 0 saturated carbocycles. The predicted molar refractivity (Wildman–Crippen MR) is 81.5 cm³/mol. The molecule has 19 heavy (non-hydrogen) atoms. The Balaban J connectivity index is 3.84. The summed E-state index contributed by atoms with van der Waals surface area (Å²) in [6.07, 6.45) is 10.4. The van der Waals surface area contributed by atoms with Crippen molar-refractivity contribution in [2.45, 2.75) is 59.3 Å². The first-order valence-electron chi connectivity index (χ1n) is 7.32. The molecule has 110 valence electrons. The molecule has 0 aliphatic carbocycles. The molecule has 0 aliphatic heterocycles. The van der Waals surface area contributed by atoms with Crippen molar-refractivity contribution in [3.63, 3.8) is 0 Å². The fourth-order valence-electron chi connectivity index (χ4n) is 2.19. The molecule has 0 spiro atoms. The van der Waals surface area contributed by atoms with Gasteiger partial charge in [-0.2, -0.15) is 0 Å². The molecule has 3 heteroatoms. The molecule has 1 unspecified atom stereocenters. The Labute approximate surface area is 118 Å². The zero-order valence-corrected chi connectivity index (χ0v) is 12.8. The number of amides is 1. The van der Waals surface area contributed by atoms with E-state index in [0.717, 1.165) is 38.6 Å². The number of rotatable bonds is 9. The minimum atomic E-state index is 0.145. The molecule has 1 atom stereocenters. The topological polar surface area (TPSA) is 55.1 Å². The Hall–Kier alpha value is -1.01. The molecule has 0 aromatic rings. The van der Waals surface area contributed by atoms with Crippen LogP contribution in [-0.4, -0.2) is 19.0 Å². The summed E-state index contributed by atoms with van der Waals surface area (Å²) in [7, 11) is 0. The quantitative estimate of drug-likeness (QED) is 0.498. The minimum absolute atomic E-state index is 0.145.